The van der Waals surface area contributed by atoms with Crippen LogP contribution in [0.1, 0.15) is 25.8 Å². The number of nitrogens with zero attached hydrogens (tertiary/aromatic N) is 4. The molecule has 1 unspecified atom stereocenters. The molecular formula is C13H21N5. The van der Waals surface area contributed by atoms with Crippen molar-refractivity contribution in [1.29, 1.82) is 5.26 Å². The second-order valence-corrected chi connectivity index (χ2v) is 4.44. The number of hydrogen-bond donors (Lipinski definition) is 1. The van der Waals surface area contributed by atoms with Gasteiger partial charge in [0.05, 0.1) is 12.0 Å². The summed E-state index contributed by atoms with van der Waals surface area (Å²) < 4.78 is 0. The van der Waals surface area contributed by atoms with Crippen molar-refractivity contribution in [1.82, 2.24) is 9.97 Å². The Morgan fingerprint density at radius 2 is 2.22 bits per heavy atom. The van der Waals surface area contributed by atoms with E-state index in [4.69, 9.17) is 5.26 Å². The number of nitriles is 1. The molecule has 1 rings (SSSR count). The molecule has 0 aromatic carbocycles. The van der Waals surface area contributed by atoms with Gasteiger partial charge in [-0.3, -0.25) is 0 Å². The van der Waals surface area contributed by atoms with Crippen molar-refractivity contribution in [2.45, 2.75) is 26.7 Å². The van der Waals surface area contributed by atoms with Gasteiger partial charge in [-0.2, -0.15) is 5.26 Å². The molecule has 18 heavy (non-hydrogen) atoms. The van der Waals surface area contributed by atoms with Crippen molar-refractivity contribution < 1.29 is 0 Å². The first-order valence-electron chi connectivity index (χ1n) is 6.26. The minimum Gasteiger partial charge on any atom is -0.373 e. The fourth-order valence-corrected chi connectivity index (χ4v) is 1.97. The molecule has 0 saturated carbocycles. The van der Waals surface area contributed by atoms with Crippen LogP contribution in [0, 0.1) is 17.2 Å². The lowest BCUT2D eigenvalue weighted by atomic mass is 10.1. The summed E-state index contributed by atoms with van der Waals surface area (Å²) in [7, 11) is 3.83. The molecular weight excluding hydrogens is 226 g/mol. The van der Waals surface area contributed by atoms with Gasteiger partial charge in [0.25, 0.3) is 0 Å². The van der Waals surface area contributed by atoms with E-state index in [1.807, 2.05) is 25.9 Å². The van der Waals surface area contributed by atoms with Gasteiger partial charge in [0, 0.05) is 26.2 Å². The Labute approximate surface area is 109 Å². The Morgan fingerprint density at radius 3 is 2.78 bits per heavy atom. The average Bonchev–Trinajstić information content (AvgIpc) is 2.38. The summed E-state index contributed by atoms with van der Waals surface area (Å²) in [6.45, 7) is 4.72. The van der Waals surface area contributed by atoms with Crippen LogP contribution in [0.3, 0.4) is 0 Å². The standard InChI is InChI=1S/C13H21N5/c1-5-6-11-12(15-3)16-9-17-13(11)18(4)8-10(2)7-14/h9-10H,5-6,8H2,1-4H3,(H,15,16,17). The molecule has 0 aliphatic heterocycles. The third-order valence-corrected chi connectivity index (χ3v) is 2.79. The molecule has 0 amide bonds. The number of aromatic nitrogens is 2. The Hall–Kier alpha value is -1.83. The number of hydrogen-bond acceptors (Lipinski definition) is 5. The maximum Gasteiger partial charge on any atom is 0.137 e. The highest BCUT2D eigenvalue weighted by molar-refractivity contribution is 5.58. The summed E-state index contributed by atoms with van der Waals surface area (Å²) in [5.41, 5.74) is 1.12. The van der Waals surface area contributed by atoms with Gasteiger partial charge < -0.3 is 10.2 Å². The lowest BCUT2D eigenvalue weighted by Crippen LogP contribution is -2.26. The summed E-state index contributed by atoms with van der Waals surface area (Å²) in [6, 6.07) is 2.24. The molecule has 98 valence electrons. The molecule has 0 bridgehead atoms. The van der Waals surface area contributed by atoms with Crippen LogP contribution in [0.2, 0.25) is 0 Å². The molecule has 0 saturated heterocycles. The quantitative estimate of drug-likeness (QED) is 0.833. The molecule has 5 heteroatoms. The molecule has 0 radical (unpaired) electrons. The number of anilines is 2. The summed E-state index contributed by atoms with van der Waals surface area (Å²) in [5.74, 6) is 1.77. The molecule has 1 atom stereocenters. The van der Waals surface area contributed by atoms with Crippen molar-refractivity contribution in [3.05, 3.63) is 11.9 Å². The van der Waals surface area contributed by atoms with Gasteiger partial charge in [-0.1, -0.05) is 13.3 Å². The van der Waals surface area contributed by atoms with Crippen LogP contribution in [-0.4, -0.2) is 30.6 Å². The molecule has 0 spiro atoms. The Morgan fingerprint density at radius 1 is 1.50 bits per heavy atom. The van der Waals surface area contributed by atoms with Gasteiger partial charge >= 0.3 is 0 Å². The zero-order chi connectivity index (χ0) is 13.5. The first-order valence-corrected chi connectivity index (χ1v) is 6.26. The highest BCUT2D eigenvalue weighted by Gasteiger charge is 2.15. The maximum absolute atomic E-state index is 8.88. The second-order valence-electron chi connectivity index (χ2n) is 4.44. The van der Waals surface area contributed by atoms with Gasteiger partial charge in [-0.15, -0.1) is 0 Å². The molecule has 1 aromatic rings. The molecule has 0 aliphatic carbocycles. The first kappa shape index (κ1) is 14.2. The van der Waals surface area contributed by atoms with E-state index in [0.29, 0.717) is 6.54 Å². The van der Waals surface area contributed by atoms with E-state index in [1.54, 1.807) is 6.33 Å². The minimum atomic E-state index is -0.0162. The SMILES string of the molecule is CCCc1c(NC)ncnc1N(C)CC(C)C#N. The highest BCUT2D eigenvalue weighted by Crippen LogP contribution is 2.24. The third-order valence-electron chi connectivity index (χ3n) is 2.79. The fourth-order valence-electron chi connectivity index (χ4n) is 1.97. The summed E-state index contributed by atoms with van der Waals surface area (Å²) in [4.78, 5) is 10.6. The zero-order valence-electron chi connectivity index (χ0n) is 11.6. The number of rotatable bonds is 6. The fraction of sp³-hybridized carbons (Fsp3) is 0.615. The van der Waals surface area contributed by atoms with E-state index in [9.17, 15) is 0 Å². The summed E-state index contributed by atoms with van der Waals surface area (Å²) >= 11 is 0. The normalized spacial score (nSPS) is 11.7. The molecule has 0 fully saturated rings. The monoisotopic (exact) mass is 247 g/mol. The number of nitrogens with one attached hydrogen (secondary N) is 1. The average molecular weight is 247 g/mol. The molecule has 5 nitrogen and oxygen atoms in total. The largest absolute Gasteiger partial charge is 0.373 e. The molecule has 1 heterocycles. The molecule has 1 aromatic heterocycles. The van der Waals surface area contributed by atoms with Crippen LogP contribution >= 0.6 is 0 Å². The van der Waals surface area contributed by atoms with Crippen LogP contribution in [0.15, 0.2) is 6.33 Å². The van der Waals surface area contributed by atoms with Crippen LogP contribution in [0.5, 0.6) is 0 Å². The van der Waals surface area contributed by atoms with E-state index < -0.39 is 0 Å². The van der Waals surface area contributed by atoms with Crippen molar-refractivity contribution in [3.63, 3.8) is 0 Å². The molecule has 1 N–H and O–H groups in total. The first-order chi connectivity index (χ1) is 8.63. The van der Waals surface area contributed by atoms with Crippen LogP contribution < -0.4 is 10.2 Å². The van der Waals surface area contributed by atoms with Crippen molar-refractivity contribution in [2.75, 3.05) is 30.9 Å². The zero-order valence-corrected chi connectivity index (χ0v) is 11.6. The van der Waals surface area contributed by atoms with Gasteiger partial charge in [-0.05, 0) is 13.3 Å². The minimum absolute atomic E-state index is 0.0162. The third kappa shape index (κ3) is 3.33. The summed E-state index contributed by atoms with van der Waals surface area (Å²) in [5, 5.41) is 12.0. The lowest BCUT2D eigenvalue weighted by molar-refractivity contribution is 0.704. The maximum atomic E-state index is 8.88. The van der Waals surface area contributed by atoms with Crippen molar-refractivity contribution in [3.8, 4) is 6.07 Å². The van der Waals surface area contributed by atoms with Gasteiger partial charge in [0.15, 0.2) is 0 Å². The van der Waals surface area contributed by atoms with Gasteiger partial charge in [0.1, 0.15) is 18.0 Å². The van der Waals surface area contributed by atoms with E-state index in [1.165, 1.54) is 0 Å². The predicted molar refractivity (Wildman–Crippen MR) is 73.6 cm³/mol. The second kappa shape index (κ2) is 6.80. The highest BCUT2D eigenvalue weighted by atomic mass is 15.2. The summed E-state index contributed by atoms with van der Waals surface area (Å²) in [6.07, 6.45) is 3.53. The predicted octanol–water partition coefficient (Wildman–Crippen LogP) is 2.07. The Balaban J connectivity index is 3.03. The van der Waals surface area contributed by atoms with E-state index in [0.717, 1.165) is 30.0 Å². The molecule has 0 aliphatic rings. The van der Waals surface area contributed by atoms with Crippen LogP contribution in [0.4, 0.5) is 11.6 Å². The van der Waals surface area contributed by atoms with E-state index in [-0.39, 0.29) is 5.92 Å². The van der Waals surface area contributed by atoms with Crippen LogP contribution in [0.25, 0.3) is 0 Å². The van der Waals surface area contributed by atoms with Crippen molar-refractivity contribution >= 4 is 11.6 Å². The van der Waals surface area contributed by atoms with Gasteiger partial charge in [-0.25, -0.2) is 9.97 Å². The topological polar surface area (TPSA) is 64.8 Å². The van der Waals surface area contributed by atoms with Crippen molar-refractivity contribution in [2.24, 2.45) is 5.92 Å². The van der Waals surface area contributed by atoms with Gasteiger partial charge in [0.2, 0.25) is 0 Å². The van der Waals surface area contributed by atoms with E-state index in [2.05, 4.69) is 28.3 Å². The van der Waals surface area contributed by atoms with Crippen LogP contribution in [-0.2, 0) is 6.42 Å². The van der Waals surface area contributed by atoms with E-state index >= 15 is 0 Å². The Kier molecular flexibility index (Phi) is 5.37. The Bertz CT molecular complexity index is 424. The smallest absolute Gasteiger partial charge is 0.137 e. The lowest BCUT2D eigenvalue weighted by Gasteiger charge is -2.23.